The Morgan fingerprint density at radius 1 is 1.33 bits per heavy atom. The molecule has 1 aromatic rings. The lowest BCUT2D eigenvalue weighted by Gasteiger charge is -2.34. The molecule has 132 valence electrons. The molecule has 0 spiro atoms. The number of sulfonamides is 1. The number of methoxy groups -OCH3 is 1. The lowest BCUT2D eigenvalue weighted by Crippen LogP contribution is -2.47. The van der Waals surface area contributed by atoms with Crippen molar-refractivity contribution in [3.63, 3.8) is 0 Å². The van der Waals surface area contributed by atoms with E-state index in [-0.39, 0.29) is 21.9 Å². The number of piperidine rings is 1. The van der Waals surface area contributed by atoms with Gasteiger partial charge in [-0.25, -0.2) is 18.0 Å². The van der Waals surface area contributed by atoms with Gasteiger partial charge in [-0.05, 0) is 24.3 Å². The largest absolute Gasteiger partial charge is 0.465 e. The van der Waals surface area contributed by atoms with Crippen molar-refractivity contribution in [3.05, 3.63) is 16.3 Å². The molecule has 0 atom stereocenters. The molecule has 0 aliphatic carbocycles. The quantitative estimate of drug-likeness (QED) is 0.734. The fraction of sp³-hybridized carbons (Fsp3) is 0.571. The molecule has 8 nitrogen and oxygen atoms in total. The van der Waals surface area contributed by atoms with Gasteiger partial charge in [0, 0.05) is 19.1 Å². The molecule has 0 aromatic carbocycles. The summed E-state index contributed by atoms with van der Waals surface area (Å²) < 4.78 is 36.5. The first-order valence-electron chi connectivity index (χ1n) is 7.54. The van der Waals surface area contributed by atoms with E-state index in [9.17, 15) is 18.0 Å². The van der Waals surface area contributed by atoms with Crippen LogP contribution in [0.3, 0.4) is 0 Å². The van der Waals surface area contributed by atoms with Crippen molar-refractivity contribution in [1.29, 1.82) is 0 Å². The van der Waals surface area contributed by atoms with Crippen molar-refractivity contribution < 1.29 is 27.5 Å². The van der Waals surface area contributed by atoms with E-state index in [2.05, 4.69) is 4.74 Å². The van der Waals surface area contributed by atoms with Crippen LogP contribution >= 0.6 is 11.3 Å². The van der Waals surface area contributed by atoms with Crippen LogP contribution in [0.1, 0.15) is 22.5 Å². The minimum atomic E-state index is -3.76. The summed E-state index contributed by atoms with van der Waals surface area (Å²) in [5.41, 5.74) is 0. The third-order valence-electron chi connectivity index (χ3n) is 4.27. The lowest BCUT2D eigenvalue weighted by molar-refractivity contribution is 0.0602. The lowest BCUT2D eigenvalue weighted by atomic mass is 10.1. The third-order valence-corrected chi connectivity index (χ3v) is 7.24. The van der Waals surface area contributed by atoms with Crippen molar-refractivity contribution >= 4 is 33.4 Å². The summed E-state index contributed by atoms with van der Waals surface area (Å²) in [4.78, 5) is 25.1. The molecule has 2 aliphatic rings. The number of hydrogen-bond acceptors (Lipinski definition) is 7. The molecule has 1 aromatic heterocycles. The molecule has 24 heavy (non-hydrogen) atoms. The molecule has 0 radical (unpaired) electrons. The molecule has 10 heteroatoms. The molecule has 2 fully saturated rings. The molecule has 0 unspecified atom stereocenters. The van der Waals surface area contributed by atoms with Crippen LogP contribution in [0.4, 0.5) is 4.79 Å². The number of ether oxygens (including phenoxy) is 2. The Morgan fingerprint density at radius 3 is 2.62 bits per heavy atom. The van der Waals surface area contributed by atoms with Crippen molar-refractivity contribution in [3.8, 4) is 0 Å². The summed E-state index contributed by atoms with van der Waals surface area (Å²) in [6.45, 7) is 1.53. The predicted molar refractivity (Wildman–Crippen MR) is 85.5 cm³/mol. The van der Waals surface area contributed by atoms with Crippen LogP contribution in [-0.4, -0.2) is 69.1 Å². The minimum Gasteiger partial charge on any atom is -0.465 e. The Morgan fingerprint density at radius 2 is 2.04 bits per heavy atom. The van der Waals surface area contributed by atoms with Crippen molar-refractivity contribution in [2.24, 2.45) is 0 Å². The summed E-state index contributed by atoms with van der Waals surface area (Å²) in [6.07, 6.45) is 0.764. The number of amides is 1. The number of rotatable bonds is 4. The molecular formula is C14H18N2O6S2. The summed E-state index contributed by atoms with van der Waals surface area (Å²) in [5, 5.41) is 1.56. The van der Waals surface area contributed by atoms with Gasteiger partial charge >= 0.3 is 12.1 Å². The molecule has 3 heterocycles. The Labute approximate surface area is 144 Å². The van der Waals surface area contributed by atoms with Crippen LogP contribution in [0.2, 0.25) is 0 Å². The Bertz CT molecular complexity index is 736. The van der Waals surface area contributed by atoms with Crippen LogP contribution < -0.4 is 0 Å². The molecule has 0 saturated carbocycles. The van der Waals surface area contributed by atoms with E-state index >= 15 is 0 Å². The molecule has 2 saturated heterocycles. The molecule has 0 bridgehead atoms. The highest BCUT2D eigenvalue weighted by atomic mass is 32.2. The highest BCUT2D eigenvalue weighted by Gasteiger charge is 2.37. The van der Waals surface area contributed by atoms with Gasteiger partial charge in [-0.15, -0.1) is 11.3 Å². The van der Waals surface area contributed by atoms with Crippen LogP contribution in [0.5, 0.6) is 0 Å². The fourth-order valence-electron chi connectivity index (χ4n) is 3.01. The molecule has 3 rings (SSSR count). The summed E-state index contributed by atoms with van der Waals surface area (Å²) in [6, 6.07) is 1.42. The topological polar surface area (TPSA) is 93.2 Å². The van der Waals surface area contributed by atoms with Gasteiger partial charge < -0.3 is 14.4 Å². The van der Waals surface area contributed by atoms with Gasteiger partial charge in [-0.1, -0.05) is 0 Å². The van der Waals surface area contributed by atoms with Gasteiger partial charge in [-0.3, -0.25) is 0 Å². The average Bonchev–Trinajstić information content (AvgIpc) is 3.23. The monoisotopic (exact) mass is 374 g/mol. The predicted octanol–water partition coefficient (Wildman–Crippen LogP) is 1.14. The molecule has 2 aliphatic heterocycles. The van der Waals surface area contributed by atoms with Crippen molar-refractivity contribution in [1.82, 2.24) is 9.21 Å². The first-order chi connectivity index (χ1) is 11.4. The third kappa shape index (κ3) is 3.01. The van der Waals surface area contributed by atoms with Crippen molar-refractivity contribution in [2.45, 2.75) is 23.8 Å². The number of nitrogens with zero attached hydrogens (tertiary/aromatic N) is 2. The Balaban J connectivity index is 1.72. The van der Waals surface area contributed by atoms with E-state index < -0.39 is 16.0 Å². The highest BCUT2D eigenvalue weighted by molar-refractivity contribution is 7.89. The van der Waals surface area contributed by atoms with E-state index in [0.29, 0.717) is 39.1 Å². The molecular weight excluding hydrogens is 356 g/mol. The fourth-order valence-corrected chi connectivity index (χ4v) is 5.79. The second-order valence-corrected chi connectivity index (χ2v) is 8.37. The maximum Gasteiger partial charge on any atom is 0.410 e. The minimum absolute atomic E-state index is 0.00555. The summed E-state index contributed by atoms with van der Waals surface area (Å²) in [5.74, 6) is -0.654. The van der Waals surface area contributed by atoms with Crippen LogP contribution in [0, 0.1) is 0 Å². The first kappa shape index (κ1) is 17.2. The maximum atomic E-state index is 12.8. The zero-order chi connectivity index (χ0) is 17.3. The van der Waals surface area contributed by atoms with E-state index in [1.54, 1.807) is 10.3 Å². The average molecular weight is 374 g/mol. The smallest absolute Gasteiger partial charge is 0.410 e. The number of carbonyl (C=O) groups is 2. The summed E-state index contributed by atoms with van der Waals surface area (Å²) >= 11 is 1.04. The number of esters is 1. The van der Waals surface area contributed by atoms with Crippen molar-refractivity contribution in [2.75, 3.05) is 33.4 Å². The van der Waals surface area contributed by atoms with E-state index in [0.717, 1.165) is 11.3 Å². The molecule has 1 amide bonds. The van der Waals surface area contributed by atoms with Gasteiger partial charge in [0.05, 0.1) is 13.7 Å². The number of hydrogen-bond donors (Lipinski definition) is 0. The van der Waals surface area contributed by atoms with E-state index in [1.165, 1.54) is 17.5 Å². The van der Waals surface area contributed by atoms with Gasteiger partial charge in [0.2, 0.25) is 10.0 Å². The van der Waals surface area contributed by atoms with E-state index in [4.69, 9.17) is 4.74 Å². The number of carbonyl (C=O) groups excluding carboxylic acids is 2. The summed E-state index contributed by atoms with van der Waals surface area (Å²) in [7, 11) is -2.54. The van der Waals surface area contributed by atoms with Gasteiger partial charge in [0.15, 0.2) is 0 Å². The zero-order valence-electron chi connectivity index (χ0n) is 13.1. The SMILES string of the molecule is COC(=O)c1sccc1S(=O)(=O)N1CCC(N2CCOC2=O)CC1. The van der Waals surface area contributed by atoms with Gasteiger partial charge in [0.25, 0.3) is 0 Å². The second-order valence-electron chi connectivity index (χ2n) is 5.55. The Kier molecular flexibility index (Phi) is 4.79. The van der Waals surface area contributed by atoms with E-state index in [1.807, 2.05) is 0 Å². The number of cyclic esters (lactones) is 1. The number of thiophene rings is 1. The van der Waals surface area contributed by atoms with Gasteiger partial charge in [0.1, 0.15) is 16.4 Å². The van der Waals surface area contributed by atoms with Gasteiger partial charge in [-0.2, -0.15) is 4.31 Å². The highest BCUT2D eigenvalue weighted by Crippen LogP contribution is 2.29. The van der Waals surface area contributed by atoms with Crippen LogP contribution in [0.15, 0.2) is 16.3 Å². The van der Waals surface area contributed by atoms with Crippen LogP contribution in [-0.2, 0) is 19.5 Å². The maximum absolute atomic E-state index is 12.8. The zero-order valence-corrected chi connectivity index (χ0v) is 14.8. The standard InChI is InChI=1S/C14H18N2O6S2/c1-21-13(17)12-11(4-9-23-12)24(19,20)15-5-2-10(3-6-15)16-7-8-22-14(16)18/h4,9-10H,2-3,5-8H2,1H3. The normalized spacial score (nSPS) is 20.2. The Hall–Kier alpha value is -1.65. The van der Waals surface area contributed by atoms with Crippen LogP contribution in [0.25, 0.3) is 0 Å². The second kappa shape index (κ2) is 6.69. The first-order valence-corrected chi connectivity index (χ1v) is 9.86. The molecule has 0 N–H and O–H groups in total.